The number of allylic oxidation sites excluding steroid dienone is 1. The van der Waals surface area contributed by atoms with Crippen LogP contribution in [-0.2, 0) is 0 Å². The van der Waals surface area contributed by atoms with E-state index in [1.54, 1.807) is 30.5 Å². The smallest absolute Gasteiger partial charge is 0.406 e. The maximum absolute atomic E-state index is 12.0. The van der Waals surface area contributed by atoms with E-state index in [0.29, 0.717) is 16.8 Å². The average molecular weight is 290 g/mol. The van der Waals surface area contributed by atoms with Gasteiger partial charge in [0.1, 0.15) is 11.8 Å². The molecule has 0 aliphatic carbocycles. The Morgan fingerprint density at radius 1 is 1.14 bits per heavy atom. The first kappa shape index (κ1) is 14.6. The highest BCUT2D eigenvalue weighted by atomic mass is 19.4. The molecule has 6 heteroatoms. The monoisotopic (exact) mass is 290 g/mol. The zero-order valence-electron chi connectivity index (χ0n) is 10.6. The lowest BCUT2D eigenvalue weighted by molar-refractivity contribution is -0.274. The first-order chi connectivity index (χ1) is 9.98. The minimum Gasteiger partial charge on any atom is -0.406 e. The third kappa shape index (κ3) is 4.35. The summed E-state index contributed by atoms with van der Waals surface area (Å²) < 4.78 is 39.9. The molecule has 2 rings (SSSR count). The van der Waals surface area contributed by atoms with E-state index >= 15 is 0 Å². The summed E-state index contributed by atoms with van der Waals surface area (Å²) in [5.74, 6) is -0.309. The molecule has 0 aliphatic rings. The van der Waals surface area contributed by atoms with Crippen LogP contribution in [0.2, 0.25) is 0 Å². The Balaban J connectivity index is 2.23. The van der Waals surface area contributed by atoms with Crippen molar-refractivity contribution in [2.24, 2.45) is 0 Å². The van der Waals surface area contributed by atoms with Crippen molar-refractivity contribution >= 4 is 11.6 Å². The molecule has 1 aromatic heterocycles. The molecule has 0 N–H and O–H groups in total. The third-order valence-electron chi connectivity index (χ3n) is 2.49. The molecule has 0 aliphatic heterocycles. The van der Waals surface area contributed by atoms with Gasteiger partial charge < -0.3 is 4.74 Å². The molecule has 0 atom stereocenters. The van der Waals surface area contributed by atoms with E-state index in [0.717, 1.165) is 0 Å². The minimum atomic E-state index is -4.72. The zero-order chi connectivity index (χ0) is 15.3. The lowest BCUT2D eigenvalue weighted by atomic mass is 10.1. The fourth-order valence-electron chi connectivity index (χ4n) is 1.62. The van der Waals surface area contributed by atoms with Gasteiger partial charge >= 0.3 is 6.36 Å². The van der Waals surface area contributed by atoms with Crippen LogP contribution in [0.4, 0.5) is 13.2 Å². The van der Waals surface area contributed by atoms with Gasteiger partial charge in [-0.05, 0) is 35.9 Å². The number of nitriles is 1. The van der Waals surface area contributed by atoms with Gasteiger partial charge in [0, 0.05) is 6.20 Å². The van der Waals surface area contributed by atoms with Crippen molar-refractivity contribution in [3.63, 3.8) is 0 Å². The Morgan fingerprint density at radius 3 is 2.38 bits per heavy atom. The predicted octanol–water partition coefficient (Wildman–Crippen LogP) is 4.04. The summed E-state index contributed by atoms with van der Waals surface area (Å²) in [7, 11) is 0. The number of benzene rings is 1. The molecular weight excluding hydrogens is 281 g/mol. The molecule has 106 valence electrons. The molecule has 2 aromatic rings. The number of hydrogen-bond acceptors (Lipinski definition) is 3. The largest absolute Gasteiger partial charge is 0.573 e. The van der Waals surface area contributed by atoms with Gasteiger partial charge in [0.15, 0.2) is 0 Å². The molecule has 0 bridgehead atoms. The fraction of sp³-hybridized carbons (Fsp3) is 0.0667. The number of pyridine rings is 1. The molecule has 0 amide bonds. The molecule has 1 heterocycles. The highest BCUT2D eigenvalue weighted by Crippen LogP contribution is 2.24. The Kier molecular flexibility index (Phi) is 4.24. The van der Waals surface area contributed by atoms with Crippen LogP contribution in [0.5, 0.6) is 5.75 Å². The molecule has 0 saturated heterocycles. The highest BCUT2D eigenvalue weighted by Gasteiger charge is 2.30. The predicted molar refractivity (Wildman–Crippen MR) is 70.8 cm³/mol. The Bertz CT molecular complexity index is 671. The zero-order valence-corrected chi connectivity index (χ0v) is 10.6. The fourth-order valence-corrected chi connectivity index (χ4v) is 1.62. The van der Waals surface area contributed by atoms with Crippen LogP contribution in [0.3, 0.4) is 0 Å². The Hall–Kier alpha value is -2.81. The number of alkyl halides is 3. The number of rotatable bonds is 3. The Morgan fingerprint density at radius 2 is 1.86 bits per heavy atom. The minimum absolute atomic E-state index is 0.309. The first-order valence-corrected chi connectivity index (χ1v) is 5.87. The summed E-state index contributed by atoms with van der Waals surface area (Å²) in [6, 6.07) is 12.4. The van der Waals surface area contributed by atoms with E-state index in [2.05, 4.69) is 9.72 Å². The Labute approximate surface area is 118 Å². The molecule has 0 radical (unpaired) electrons. The summed E-state index contributed by atoms with van der Waals surface area (Å²) in [6.07, 6.45) is -1.62. The van der Waals surface area contributed by atoms with Crippen molar-refractivity contribution in [3.05, 3.63) is 59.9 Å². The van der Waals surface area contributed by atoms with Crippen LogP contribution in [0.15, 0.2) is 48.7 Å². The van der Waals surface area contributed by atoms with Crippen molar-refractivity contribution in [1.29, 1.82) is 5.26 Å². The van der Waals surface area contributed by atoms with Gasteiger partial charge in [-0.25, -0.2) is 0 Å². The SMILES string of the molecule is N#C/C(=C\c1ccc(OC(F)(F)F)cc1)c1ccccn1. The van der Waals surface area contributed by atoms with Crippen LogP contribution in [0.25, 0.3) is 11.6 Å². The summed E-state index contributed by atoms with van der Waals surface area (Å²) in [6.45, 7) is 0. The van der Waals surface area contributed by atoms with E-state index in [9.17, 15) is 13.2 Å². The lowest BCUT2D eigenvalue weighted by Gasteiger charge is -2.08. The second kappa shape index (κ2) is 6.09. The van der Waals surface area contributed by atoms with E-state index in [1.807, 2.05) is 6.07 Å². The van der Waals surface area contributed by atoms with E-state index < -0.39 is 6.36 Å². The van der Waals surface area contributed by atoms with Gasteiger partial charge in [0.2, 0.25) is 0 Å². The van der Waals surface area contributed by atoms with Crippen LogP contribution in [0.1, 0.15) is 11.3 Å². The molecule has 0 unspecified atom stereocenters. The molecule has 21 heavy (non-hydrogen) atoms. The molecule has 0 fully saturated rings. The van der Waals surface area contributed by atoms with Gasteiger partial charge in [-0.2, -0.15) is 5.26 Å². The first-order valence-electron chi connectivity index (χ1n) is 5.87. The van der Waals surface area contributed by atoms with Crippen LogP contribution in [0, 0.1) is 11.3 Å². The molecule has 1 aromatic carbocycles. The van der Waals surface area contributed by atoms with Crippen molar-refractivity contribution in [2.45, 2.75) is 6.36 Å². The molecule has 0 spiro atoms. The van der Waals surface area contributed by atoms with Crippen molar-refractivity contribution < 1.29 is 17.9 Å². The second-order valence-electron chi connectivity index (χ2n) is 4.00. The van der Waals surface area contributed by atoms with Crippen LogP contribution < -0.4 is 4.74 Å². The molecule has 0 saturated carbocycles. The number of nitrogens with zero attached hydrogens (tertiary/aromatic N) is 2. The van der Waals surface area contributed by atoms with E-state index in [1.165, 1.54) is 24.3 Å². The van der Waals surface area contributed by atoms with Gasteiger partial charge in [0.25, 0.3) is 0 Å². The van der Waals surface area contributed by atoms with E-state index in [-0.39, 0.29) is 5.75 Å². The standard InChI is InChI=1S/C15H9F3N2O/c16-15(17,18)21-13-6-4-11(5-7-13)9-12(10-19)14-3-1-2-8-20-14/h1-9H/b12-9+. The third-order valence-corrected chi connectivity index (χ3v) is 2.49. The summed E-state index contributed by atoms with van der Waals surface area (Å²) >= 11 is 0. The van der Waals surface area contributed by atoms with Crippen molar-refractivity contribution in [3.8, 4) is 11.8 Å². The van der Waals surface area contributed by atoms with Gasteiger partial charge in [-0.15, -0.1) is 13.2 Å². The number of hydrogen-bond donors (Lipinski definition) is 0. The van der Waals surface area contributed by atoms with Crippen molar-refractivity contribution in [2.75, 3.05) is 0 Å². The quantitative estimate of drug-likeness (QED) is 0.801. The summed E-state index contributed by atoms with van der Waals surface area (Å²) in [5.41, 5.74) is 1.39. The van der Waals surface area contributed by atoms with Gasteiger partial charge in [-0.3, -0.25) is 4.98 Å². The number of ether oxygens (including phenoxy) is 1. The second-order valence-corrected chi connectivity index (χ2v) is 4.00. The van der Waals surface area contributed by atoms with Crippen molar-refractivity contribution in [1.82, 2.24) is 4.98 Å². The van der Waals surface area contributed by atoms with Gasteiger partial charge in [0.05, 0.1) is 11.3 Å². The maximum atomic E-state index is 12.0. The van der Waals surface area contributed by atoms with Crippen LogP contribution in [-0.4, -0.2) is 11.3 Å². The normalized spacial score (nSPS) is 11.8. The number of aromatic nitrogens is 1. The maximum Gasteiger partial charge on any atom is 0.573 e. The highest BCUT2D eigenvalue weighted by molar-refractivity contribution is 5.88. The van der Waals surface area contributed by atoms with Crippen LogP contribution >= 0.6 is 0 Å². The number of halogens is 3. The molecular formula is C15H9F3N2O. The summed E-state index contributed by atoms with van der Waals surface area (Å²) in [5, 5.41) is 9.12. The molecule has 3 nitrogen and oxygen atoms in total. The summed E-state index contributed by atoms with van der Waals surface area (Å²) in [4.78, 5) is 4.05. The lowest BCUT2D eigenvalue weighted by Crippen LogP contribution is -2.16. The van der Waals surface area contributed by atoms with E-state index in [4.69, 9.17) is 5.26 Å². The average Bonchev–Trinajstić information content (AvgIpc) is 2.46. The van der Waals surface area contributed by atoms with Gasteiger partial charge in [-0.1, -0.05) is 18.2 Å². The topological polar surface area (TPSA) is 45.9 Å².